The average Bonchev–Trinajstić information content (AvgIpc) is 2.79. The van der Waals surface area contributed by atoms with E-state index in [1.165, 1.54) is 11.8 Å². The molecule has 0 spiro atoms. The molecular weight excluding hydrogens is 286 g/mol. The van der Waals surface area contributed by atoms with Crippen molar-refractivity contribution < 1.29 is 19.4 Å². The van der Waals surface area contributed by atoms with Crippen molar-refractivity contribution in [1.29, 1.82) is 0 Å². The Hall–Kier alpha value is -0.400. The zero-order valence-electron chi connectivity index (χ0n) is 11.3. The van der Waals surface area contributed by atoms with E-state index in [4.69, 9.17) is 4.74 Å². The summed E-state index contributed by atoms with van der Waals surface area (Å²) in [7, 11) is 1.62. The maximum Gasteiger partial charge on any atom is 0.327 e. The second-order valence-corrected chi connectivity index (χ2v) is 6.59. The van der Waals surface area contributed by atoms with Crippen molar-refractivity contribution in [3.63, 3.8) is 0 Å². The molecule has 19 heavy (non-hydrogen) atoms. The molecule has 0 bridgehead atoms. The van der Waals surface area contributed by atoms with Gasteiger partial charge in [0.1, 0.15) is 6.04 Å². The fourth-order valence-electron chi connectivity index (χ4n) is 1.93. The summed E-state index contributed by atoms with van der Waals surface area (Å²) in [5.41, 5.74) is 0. The first-order valence-electron chi connectivity index (χ1n) is 6.34. The van der Waals surface area contributed by atoms with Gasteiger partial charge >= 0.3 is 5.97 Å². The number of aliphatic carboxylic acids is 1. The maximum atomic E-state index is 12.2. The minimum Gasteiger partial charge on any atom is -0.480 e. The lowest BCUT2D eigenvalue weighted by atomic mass is 10.2. The molecule has 5 nitrogen and oxygen atoms in total. The van der Waals surface area contributed by atoms with Crippen LogP contribution in [0.3, 0.4) is 0 Å². The number of carboxylic acids is 1. The lowest BCUT2D eigenvalue weighted by Gasteiger charge is -2.27. The Morgan fingerprint density at radius 3 is 2.84 bits per heavy atom. The number of carboxylic acid groups (broad SMARTS) is 1. The number of ether oxygens (including phenoxy) is 1. The van der Waals surface area contributed by atoms with E-state index in [1.54, 1.807) is 23.8 Å². The molecule has 1 saturated heterocycles. The van der Waals surface area contributed by atoms with Crippen molar-refractivity contribution in [3.05, 3.63) is 0 Å². The number of carbonyl (C=O) groups is 2. The number of nitrogens with zero attached hydrogens (tertiary/aromatic N) is 1. The third-order valence-corrected chi connectivity index (χ3v) is 5.12. The molecule has 7 heteroatoms. The van der Waals surface area contributed by atoms with Gasteiger partial charge in [0.25, 0.3) is 0 Å². The first-order valence-corrected chi connectivity index (χ1v) is 8.54. The van der Waals surface area contributed by atoms with Crippen LogP contribution in [-0.2, 0) is 14.3 Å². The third kappa shape index (κ3) is 4.89. The van der Waals surface area contributed by atoms with E-state index in [9.17, 15) is 14.7 Å². The van der Waals surface area contributed by atoms with Crippen LogP contribution in [0.2, 0.25) is 0 Å². The largest absolute Gasteiger partial charge is 0.480 e. The molecule has 0 saturated carbocycles. The average molecular weight is 307 g/mol. The molecule has 1 heterocycles. The van der Waals surface area contributed by atoms with Crippen LogP contribution >= 0.6 is 23.5 Å². The molecule has 0 aromatic heterocycles. The van der Waals surface area contributed by atoms with Crippen LogP contribution in [0.15, 0.2) is 0 Å². The van der Waals surface area contributed by atoms with Gasteiger partial charge < -0.3 is 14.7 Å². The van der Waals surface area contributed by atoms with E-state index in [1.807, 2.05) is 6.92 Å². The van der Waals surface area contributed by atoms with Gasteiger partial charge in [-0.15, -0.1) is 23.5 Å². The second kappa shape index (κ2) is 8.71. The quantitative estimate of drug-likeness (QED) is 0.686. The van der Waals surface area contributed by atoms with Crippen LogP contribution in [0.4, 0.5) is 0 Å². The fraction of sp³-hybridized carbons (Fsp3) is 0.833. The molecule has 1 aliphatic rings. The zero-order valence-corrected chi connectivity index (χ0v) is 13.0. The van der Waals surface area contributed by atoms with Crippen LogP contribution in [0.1, 0.15) is 19.8 Å². The summed E-state index contributed by atoms with van der Waals surface area (Å²) in [6, 6.07) is -0.669. The number of methoxy groups -OCH3 is 1. The van der Waals surface area contributed by atoms with Crippen LogP contribution in [0.5, 0.6) is 0 Å². The number of amides is 1. The lowest BCUT2D eigenvalue weighted by Crippen LogP contribution is -2.46. The Kier molecular flexibility index (Phi) is 7.63. The maximum absolute atomic E-state index is 12.2. The molecule has 1 amide bonds. The van der Waals surface area contributed by atoms with Gasteiger partial charge in [-0.3, -0.25) is 4.79 Å². The molecule has 0 aromatic rings. The summed E-state index contributed by atoms with van der Waals surface area (Å²) in [6.07, 6.45) is 1.80. The first-order chi connectivity index (χ1) is 9.11. The number of rotatable bonds is 8. The highest BCUT2D eigenvalue weighted by Crippen LogP contribution is 2.32. The molecule has 0 aromatic carbocycles. The van der Waals surface area contributed by atoms with Crippen LogP contribution in [0.25, 0.3) is 0 Å². The van der Waals surface area contributed by atoms with Gasteiger partial charge in [-0.25, -0.2) is 4.79 Å². The van der Waals surface area contributed by atoms with Crippen molar-refractivity contribution in [2.75, 3.05) is 31.0 Å². The Morgan fingerprint density at radius 2 is 2.26 bits per heavy atom. The van der Waals surface area contributed by atoms with Gasteiger partial charge in [0.2, 0.25) is 5.91 Å². The van der Waals surface area contributed by atoms with E-state index in [-0.39, 0.29) is 11.3 Å². The summed E-state index contributed by atoms with van der Waals surface area (Å²) in [5.74, 6) is 0.597. The van der Waals surface area contributed by atoms with Crippen molar-refractivity contribution in [2.24, 2.45) is 0 Å². The van der Waals surface area contributed by atoms with E-state index in [2.05, 4.69) is 0 Å². The first kappa shape index (κ1) is 16.7. The number of thioether (sulfide) groups is 2. The van der Waals surface area contributed by atoms with Gasteiger partial charge in [0, 0.05) is 18.6 Å². The van der Waals surface area contributed by atoms with Crippen molar-refractivity contribution >= 4 is 35.4 Å². The molecule has 1 fully saturated rings. The molecule has 2 unspecified atom stereocenters. The van der Waals surface area contributed by atoms with E-state index in [0.29, 0.717) is 18.1 Å². The topological polar surface area (TPSA) is 66.8 Å². The summed E-state index contributed by atoms with van der Waals surface area (Å²) in [4.78, 5) is 25.0. The molecule has 1 aliphatic heterocycles. The van der Waals surface area contributed by atoms with Crippen molar-refractivity contribution in [3.8, 4) is 0 Å². The predicted molar refractivity (Wildman–Crippen MR) is 78.6 cm³/mol. The molecule has 0 radical (unpaired) electrons. The highest BCUT2D eigenvalue weighted by atomic mass is 32.2. The summed E-state index contributed by atoms with van der Waals surface area (Å²) >= 11 is 3.06. The zero-order chi connectivity index (χ0) is 14.3. The number of hydrogen-bond donors (Lipinski definition) is 1. The minimum absolute atomic E-state index is 0.0154. The van der Waals surface area contributed by atoms with Gasteiger partial charge in [0.15, 0.2) is 0 Å². The number of carbonyl (C=O) groups excluding carboxylic acids is 1. The predicted octanol–water partition coefficient (Wildman–Crippen LogP) is 1.52. The minimum atomic E-state index is -0.902. The van der Waals surface area contributed by atoms with E-state index in [0.717, 1.165) is 18.6 Å². The molecule has 2 atom stereocenters. The Balaban J connectivity index is 2.56. The molecule has 1 rings (SSSR count). The van der Waals surface area contributed by atoms with Gasteiger partial charge in [-0.2, -0.15) is 0 Å². The van der Waals surface area contributed by atoms with Crippen LogP contribution in [-0.4, -0.2) is 64.3 Å². The molecule has 0 aliphatic carbocycles. The van der Waals surface area contributed by atoms with Gasteiger partial charge in [-0.05, 0) is 6.42 Å². The van der Waals surface area contributed by atoms with E-state index >= 15 is 0 Å². The monoisotopic (exact) mass is 307 g/mol. The van der Waals surface area contributed by atoms with Crippen molar-refractivity contribution in [2.45, 2.75) is 31.2 Å². The summed E-state index contributed by atoms with van der Waals surface area (Å²) < 4.78 is 4.92. The Morgan fingerprint density at radius 1 is 1.53 bits per heavy atom. The van der Waals surface area contributed by atoms with Crippen LogP contribution in [0, 0.1) is 0 Å². The van der Waals surface area contributed by atoms with E-state index < -0.39 is 12.0 Å². The van der Waals surface area contributed by atoms with Gasteiger partial charge in [0.05, 0.1) is 17.7 Å². The second-order valence-electron chi connectivity index (χ2n) is 4.28. The smallest absolute Gasteiger partial charge is 0.327 e. The number of hydrogen-bond acceptors (Lipinski definition) is 5. The summed E-state index contributed by atoms with van der Waals surface area (Å²) in [6.45, 7) is 2.65. The normalized spacial score (nSPS) is 22.7. The highest BCUT2D eigenvalue weighted by molar-refractivity contribution is 8.00. The Labute approximate surface area is 122 Å². The van der Waals surface area contributed by atoms with Gasteiger partial charge in [-0.1, -0.05) is 13.3 Å². The van der Waals surface area contributed by atoms with Crippen LogP contribution < -0.4 is 0 Å². The highest BCUT2D eigenvalue weighted by Gasteiger charge is 2.40. The Bertz CT molecular complexity index is 314. The summed E-state index contributed by atoms with van der Waals surface area (Å²) in [5, 5.41) is 9.21. The SMILES string of the molecule is CCCC1SCC(C(=O)O)N1C(=O)CSCCOC. The molecule has 1 N–H and O–H groups in total. The fourth-order valence-corrected chi connectivity index (χ4v) is 4.22. The lowest BCUT2D eigenvalue weighted by molar-refractivity contribution is -0.148. The third-order valence-electron chi connectivity index (χ3n) is 2.86. The molecule has 110 valence electrons. The molecular formula is C12H21NO4S2. The van der Waals surface area contributed by atoms with Crippen molar-refractivity contribution in [1.82, 2.24) is 4.90 Å². The standard InChI is InChI=1S/C12H21NO4S2/c1-3-4-11-13(9(7-19-11)12(15)16)10(14)8-18-6-5-17-2/h9,11H,3-8H2,1-2H3,(H,15,16).